The van der Waals surface area contributed by atoms with E-state index in [1.54, 1.807) is 23.0 Å². The third-order valence-electron chi connectivity index (χ3n) is 3.58. The maximum atomic E-state index is 12.2. The summed E-state index contributed by atoms with van der Waals surface area (Å²) < 4.78 is 38.3. The second-order valence-electron chi connectivity index (χ2n) is 5.93. The molecule has 2 aromatic heterocycles. The highest BCUT2D eigenvalue weighted by Gasteiger charge is 2.29. The zero-order valence-corrected chi connectivity index (χ0v) is 13.5. The molecule has 0 aliphatic heterocycles. The van der Waals surface area contributed by atoms with E-state index in [0.29, 0.717) is 16.9 Å². The largest absolute Gasteiger partial charge is 0.389 e. The minimum atomic E-state index is -4.35. The van der Waals surface area contributed by atoms with E-state index in [1.807, 2.05) is 13.8 Å². The lowest BCUT2D eigenvalue weighted by Crippen LogP contribution is -2.32. The van der Waals surface area contributed by atoms with Gasteiger partial charge in [-0.15, -0.1) is 0 Å². The molecule has 0 bridgehead atoms. The number of carbonyl (C=O) groups excluding carboxylic acids is 1. The monoisotopic (exact) mass is 343 g/mol. The Labute approximate surface area is 137 Å². The summed E-state index contributed by atoms with van der Waals surface area (Å²) in [4.78, 5) is 16.1. The molecule has 1 unspecified atom stereocenters. The Morgan fingerprint density at radius 2 is 2.12 bits per heavy atom. The first kappa shape index (κ1) is 18.2. The van der Waals surface area contributed by atoms with Gasteiger partial charge in [-0.2, -0.15) is 18.3 Å². The van der Waals surface area contributed by atoms with Crippen molar-refractivity contribution in [3.8, 4) is 0 Å². The maximum Gasteiger partial charge on any atom is 0.389 e. The topological polar surface area (TPSA) is 85.3 Å². The SMILES string of the molecule is CC(C)C(NC(=O)CCC(F)(F)F)c1cnn2cc(CN)nc2c1. The summed E-state index contributed by atoms with van der Waals surface area (Å²) in [6.07, 6.45) is -2.81. The summed E-state index contributed by atoms with van der Waals surface area (Å²) in [6.45, 7) is 4.02. The van der Waals surface area contributed by atoms with Crippen molar-refractivity contribution in [1.82, 2.24) is 19.9 Å². The van der Waals surface area contributed by atoms with E-state index < -0.39 is 31.0 Å². The number of nitrogens with one attached hydrogen (secondary N) is 1. The van der Waals surface area contributed by atoms with Crippen LogP contribution in [0.15, 0.2) is 18.5 Å². The molecule has 2 heterocycles. The molecule has 9 heteroatoms. The van der Waals surface area contributed by atoms with Crippen LogP contribution in [0.2, 0.25) is 0 Å². The standard InChI is InChI=1S/C15H20F3N5O/c1-9(2)14(22-13(24)3-4-15(16,17)18)10-5-12-21-11(6-19)8-23(12)20-7-10/h5,7-9,14H,3-4,6,19H2,1-2H3,(H,22,24). The highest BCUT2D eigenvalue weighted by Crippen LogP contribution is 2.24. The number of alkyl halides is 3. The van der Waals surface area contributed by atoms with Crippen molar-refractivity contribution in [2.24, 2.45) is 11.7 Å². The number of nitrogens with two attached hydrogens (primary N) is 1. The average molecular weight is 343 g/mol. The number of hydrogen-bond acceptors (Lipinski definition) is 4. The predicted molar refractivity (Wildman–Crippen MR) is 81.9 cm³/mol. The Bertz CT molecular complexity index is 711. The van der Waals surface area contributed by atoms with Gasteiger partial charge in [-0.1, -0.05) is 13.8 Å². The average Bonchev–Trinajstić information content (AvgIpc) is 2.91. The molecule has 0 fully saturated rings. The molecule has 24 heavy (non-hydrogen) atoms. The molecule has 0 saturated heterocycles. The van der Waals surface area contributed by atoms with Crippen molar-refractivity contribution in [2.75, 3.05) is 0 Å². The minimum Gasteiger partial charge on any atom is -0.349 e. The second kappa shape index (κ2) is 7.16. The lowest BCUT2D eigenvalue weighted by atomic mass is 9.97. The molecule has 0 aliphatic rings. The van der Waals surface area contributed by atoms with Crippen molar-refractivity contribution < 1.29 is 18.0 Å². The molecule has 132 valence electrons. The summed E-state index contributed by atoms with van der Waals surface area (Å²) in [5, 5.41) is 6.86. The van der Waals surface area contributed by atoms with Crippen LogP contribution < -0.4 is 11.1 Å². The van der Waals surface area contributed by atoms with Gasteiger partial charge in [-0.25, -0.2) is 9.50 Å². The Morgan fingerprint density at radius 1 is 1.42 bits per heavy atom. The van der Waals surface area contributed by atoms with Crippen LogP contribution in [0.25, 0.3) is 5.65 Å². The van der Waals surface area contributed by atoms with Gasteiger partial charge in [0.05, 0.1) is 30.6 Å². The molecule has 1 amide bonds. The smallest absolute Gasteiger partial charge is 0.349 e. The highest BCUT2D eigenvalue weighted by molar-refractivity contribution is 5.76. The number of amides is 1. The van der Waals surface area contributed by atoms with Gasteiger partial charge in [-0.3, -0.25) is 4.79 Å². The molecule has 0 aliphatic carbocycles. The molecule has 2 aromatic rings. The molecule has 0 saturated carbocycles. The van der Waals surface area contributed by atoms with Crippen LogP contribution in [0.5, 0.6) is 0 Å². The van der Waals surface area contributed by atoms with Gasteiger partial charge in [0.1, 0.15) is 0 Å². The number of nitrogens with zero attached hydrogens (tertiary/aromatic N) is 3. The van der Waals surface area contributed by atoms with Crippen molar-refractivity contribution >= 4 is 11.6 Å². The fourth-order valence-corrected chi connectivity index (χ4v) is 2.34. The van der Waals surface area contributed by atoms with Crippen LogP contribution in [0.1, 0.15) is 44.0 Å². The molecular weight excluding hydrogens is 323 g/mol. The Morgan fingerprint density at radius 3 is 2.71 bits per heavy atom. The van der Waals surface area contributed by atoms with E-state index in [1.165, 1.54) is 0 Å². The lowest BCUT2D eigenvalue weighted by Gasteiger charge is -2.22. The minimum absolute atomic E-state index is 0.0203. The number of rotatable bonds is 6. The molecule has 6 nitrogen and oxygen atoms in total. The first-order chi connectivity index (χ1) is 11.2. The van der Waals surface area contributed by atoms with Crippen LogP contribution in [0.3, 0.4) is 0 Å². The molecule has 0 spiro atoms. The van der Waals surface area contributed by atoms with Crippen LogP contribution in [-0.4, -0.2) is 26.7 Å². The Hall–Kier alpha value is -2.16. The van der Waals surface area contributed by atoms with E-state index in [4.69, 9.17) is 5.73 Å². The number of fused-ring (bicyclic) bond motifs is 1. The van der Waals surface area contributed by atoms with Crippen molar-refractivity contribution in [3.05, 3.63) is 29.7 Å². The van der Waals surface area contributed by atoms with Crippen molar-refractivity contribution in [3.63, 3.8) is 0 Å². The third kappa shape index (κ3) is 4.67. The van der Waals surface area contributed by atoms with E-state index >= 15 is 0 Å². The van der Waals surface area contributed by atoms with Crippen molar-refractivity contribution in [1.29, 1.82) is 0 Å². The van der Waals surface area contributed by atoms with E-state index in [0.717, 1.165) is 0 Å². The molecule has 3 N–H and O–H groups in total. The third-order valence-corrected chi connectivity index (χ3v) is 3.58. The van der Waals surface area contributed by atoms with Crippen molar-refractivity contribution in [2.45, 2.75) is 45.5 Å². The fourth-order valence-electron chi connectivity index (χ4n) is 2.34. The van der Waals surface area contributed by atoms with Gasteiger partial charge in [0.2, 0.25) is 5.91 Å². The molecule has 1 atom stereocenters. The summed E-state index contributed by atoms with van der Waals surface area (Å²) in [5.41, 5.74) is 7.48. The summed E-state index contributed by atoms with van der Waals surface area (Å²) in [6, 6.07) is 1.31. The number of aromatic nitrogens is 3. The normalized spacial score (nSPS) is 13.5. The molecule has 0 aromatic carbocycles. The number of hydrogen-bond donors (Lipinski definition) is 2. The highest BCUT2D eigenvalue weighted by atomic mass is 19.4. The van der Waals surface area contributed by atoms with Gasteiger partial charge >= 0.3 is 6.18 Å². The van der Waals surface area contributed by atoms with Gasteiger partial charge in [0, 0.05) is 13.0 Å². The first-order valence-corrected chi connectivity index (χ1v) is 7.60. The quantitative estimate of drug-likeness (QED) is 0.843. The number of halogens is 3. The zero-order valence-electron chi connectivity index (χ0n) is 13.5. The zero-order chi connectivity index (χ0) is 17.9. The van der Waals surface area contributed by atoms with E-state index in [9.17, 15) is 18.0 Å². The number of carbonyl (C=O) groups is 1. The molecule has 2 rings (SSSR count). The Balaban J connectivity index is 2.16. The maximum absolute atomic E-state index is 12.2. The van der Waals surface area contributed by atoms with Crippen LogP contribution in [0.4, 0.5) is 13.2 Å². The van der Waals surface area contributed by atoms with Crippen LogP contribution in [0, 0.1) is 5.92 Å². The van der Waals surface area contributed by atoms with Crippen LogP contribution in [-0.2, 0) is 11.3 Å². The Kier molecular flexibility index (Phi) is 5.43. The molecule has 0 radical (unpaired) electrons. The second-order valence-corrected chi connectivity index (χ2v) is 5.93. The van der Waals surface area contributed by atoms with Crippen LogP contribution >= 0.6 is 0 Å². The van der Waals surface area contributed by atoms with Gasteiger partial charge in [0.25, 0.3) is 0 Å². The lowest BCUT2D eigenvalue weighted by molar-refractivity contribution is -0.144. The number of imidazole rings is 1. The summed E-state index contributed by atoms with van der Waals surface area (Å²) >= 11 is 0. The predicted octanol–water partition coefficient (Wildman–Crippen LogP) is 2.34. The van der Waals surface area contributed by atoms with Gasteiger partial charge < -0.3 is 11.1 Å². The van der Waals surface area contributed by atoms with E-state index in [2.05, 4.69) is 15.4 Å². The van der Waals surface area contributed by atoms with E-state index in [-0.39, 0.29) is 12.5 Å². The molecular formula is C15H20F3N5O. The summed E-state index contributed by atoms with van der Waals surface area (Å²) in [5.74, 6) is -0.662. The first-order valence-electron chi connectivity index (χ1n) is 7.60. The summed E-state index contributed by atoms with van der Waals surface area (Å²) in [7, 11) is 0. The fraction of sp³-hybridized carbons (Fsp3) is 0.533. The van der Waals surface area contributed by atoms with Gasteiger partial charge in [-0.05, 0) is 17.5 Å². The van der Waals surface area contributed by atoms with Gasteiger partial charge in [0.15, 0.2) is 5.65 Å².